The van der Waals surface area contributed by atoms with Crippen molar-refractivity contribution in [2.24, 2.45) is 0 Å². The molecule has 1 atom stereocenters. The van der Waals surface area contributed by atoms with Crippen LogP contribution in [0.25, 0.3) is 11.1 Å². The molecule has 0 aliphatic heterocycles. The molecule has 2 nitrogen and oxygen atoms in total. The summed E-state index contributed by atoms with van der Waals surface area (Å²) in [6.45, 7) is 1.83. The molecule has 1 fully saturated rings. The molecule has 1 saturated carbocycles. The van der Waals surface area contributed by atoms with Crippen molar-refractivity contribution in [2.45, 2.75) is 63.4 Å². The molecule has 0 amide bonds. The highest BCUT2D eigenvalue weighted by atomic mass is 19.2. The summed E-state index contributed by atoms with van der Waals surface area (Å²) in [5.41, 5.74) is -0.773. The summed E-state index contributed by atoms with van der Waals surface area (Å²) in [5, 5.41) is 19.3. The molecule has 192 valence electrons. The SMILES string of the molecule is CCCC(O)c1ccc(C2CCC(c3ccc(-c4ccc(O)c(F)c4F)c(F)c3F)CC2)c(F)c1F. The van der Waals surface area contributed by atoms with E-state index in [0.29, 0.717) is 38.5 Å². The molecule has 1 unspecified atom stereocenters. The number of halogens is 6. The Labute approximate surface area is 205 Å². The smallest absolute Gasteiger partial charge is 0.200 e. The molecule has 3 aromatic rings. The molecule has 36 heavy (non-hydrogen) atoms. The van der Waals surface area contributed by atoms with E-state index < -0.39 is 57.9 Å². The normalized spacial score (nSPS) is 18.9. The Hall–Kier alpha value is -3.00. The lowest BCUT2D eigenvalue weighted by Gasteiger charge is -2.30. The summed E-state index contributed by atoms with van der Waals surface area (Å²) in [5.74, 6) is -9.21. The largest absolute Gasteiger partial charge is 0.505 e. The van der Waals surface area contributed by atoms with Gasteiger partial charge in [0.1, 0.15) is 0 Å². The summed E-state index contributed by atoms with van der Waals surface area (Å²) >= 11 is 0. The van der Waals surface area contributed by atoms with Gasteiger partial charge in [0.05, 0.1) is 6.10 Å². The van der Waals surface area contributed by atoms with Gasteiger partial charge in [-0.15, -0.1) is 0 Å². The summed E-state index contributed by atoms with van der Waals surface area (Å²) < 4.78 is 87.2. The first-order chi connectivity index (χ1) is 17.1. The van der Waals surface area contributed by atoms with E-state index in [-0.39, 0.29) is 28.5 Å². The second kappa shape index (κ2) is 10.5. The van der Waals surface area contributed by atoms with Crippen LogP contribution in [0.2, 0.25) is 0 Å². The number of aliphatic hydroxyl groups is 1. The average molecular weight is 509 g/mol. The molecule has 0 radical (unpaired) electrons. The molecule has 1 aliphatic carbocycles. The molecule has 0 aromatic heterocycles. The lowest BCUT2D eigenvalue weighted by Crippen LogP contribution is -2.16. The van der Waals surface area contributed by atoms with Crippen molar-refractivity contribution in [3.8, 4) is 16.9 Å². The number of hydrogen-bond acceptors (Lipinski definition) is 2. The van der Waals surface area contributed by atoms with E-state index in [9.17, 15) is 36.6 Å². The predicted molar refractivity (Wildman–Crippen MR) is 124 cm³/mol. The van der Waals surface area contributed by atoms with Gasteiger partial charge in [-0.1, -0.05) is 37.6 Å². The van der Waals surface area contributed by atoms with Gasteiger partial charge in [-0.2, -0.15) is 4.39 Å². The van der Waals surface area contributed by atoms with Crippen LogP contribution >= 0.6 is 0 Å². The Morgan fingerprint density at radius 1 is 0.667 bits per heavy atom. The molecule has 3 aromatic carbocycles. The van der Waals surface area contributed by atoms with Crippen molar-refractivity contribution in [1.29, 1.82) is 0 Å². The Morgan fingerprint density at radius 3 is 1.69 bits per heavy atom. The van der Waals surface area contributed by atoms with Gasteiger partial charge in [0.2, 0.25) is 5.82 Å². The van der Waals surface area contributed by atoms with Crippen molar-refractivity contribution in [2.75, 3.05) is 0 Å². The molecule has 2 N–H and O–H groups in total. The third kappa shape index (κ3) is 4.71. The van der Waals surface area contributed by atoms with Gasteiger partial charge in [-0.3, -0.25) is 0 Å². The summed E-state index contributed by atoms with van der Waals surface area (Å²) in [7, 11) is 0. The molecule has 0 bridgehead atoms. The highest BCUT2D eigenvalue weighted by molar-refractivity contribution is 5.66. The molecular formula is C28H26F6O2. The van der Waals surface area contributed by atoms with Crippen molar-refractivity contribution < 1.29 is 36.6 Å². The molecule has 0 heterocycles. The van der Waals surface area contributed by atoms with Crippen molar-refractivity contribution >= 4 is 0 Å². The standard InChI is InChI=1S/C28H26F6O2/c1-2-3-21(35)20-11-9-17(24(30)27(20)33)15-6-4-14(5-7-15)16-8-10-18(25(31)23(16)29)19-12-13-22(36)28(34)26(19)32/h8-15,21,35-36H,2-7H2,1H3. The maximum atomic E-state index is 15.0. The summed E-state index contributed by atoms with van der Waals surface area (Å²) in [6.07, 6.45) is 1.47. The summed E-state index contributed by atoms with van der Waals surface area (Å²) in [6, 6.07) is 7.21. The molecule has 4 rings (SSSR count). The van der Waals surface area contributed by atoms with Gasteiger partial charge in [-0.25, -0.2) is 22.0 Å². The molecular weight excluding hydrogens is 482 g/mol. The minimum atomic E-state index is -1.55. The zero-order valence-electron chi connectivity index (χ0n) is 19.6. The van der Waals surface area contributed by atoms with Gasteiger partial charge >= 0.3 is 0 Å². The van der Waals surface area contributed by atoms with Crippen LogP contribution in [0.15, 0.2) is 36.4 Å². The number of aliphatic hydroxyl groups excluding tert-OH is 1. The van der Waals surface area contributed by atoms with Crippen LogP contribution in [0.5, 0.6) is 5.75 Å². The van der Waals surface area contributed by atoms with E-state index in [1.165, 1.54) is 24.3 Å². The third-order valence-electron chi connectivity index (χ3n) is 7.13. The maximum Gasteiger partial charge on any atom is 0.200 e. The van der Waals surface area contributed by atoms with E-state index in [2.05, 4.69) is 0 Å². The fraction of sp³-hybridized carbons (Fsp3) is 0.357. The van der Waals surface area contributed by atoms with Gasteiger partial charge in [0, 0.05) is 16.7 Å². The number of phenolic OH excluding ortho intramolecular Hbond substituents is 1. The zero-order chi connectivity index (χ0) is 26.1. The van der Waals surface area contributed by atoms with E-state index in [4.69, 9.17) is 0 Å². The molecule has 0 saturated heterocycles. The quantitative estimate of drug-likeness (QED) is 0.330. The van der Waals surface area contributed by atoms with Gasteiger partial charge in [0.25, 0.3) is 0 Å². The average Bonchev–Trinajstić information content (AvgIpc) is 2.87. The minimum Gasteiger partial charge on any atom is -0.505 e. The highest BCUT2D eigenvalue weighted by Crippen LogP contribution is 2.44. The molecule has 1 aliphatic rings. The van der Waals surface area contributed by atoms with Gasteiger partial charge in [0.15, 0.2) is 34.8 Å². The van der Waals surface area contributed by atoms with E-state index in [1.54, 1.807) is 0 Å². The first-order valence-corrected chi connectivity index (χ1v) is 12.0. The van der Waals surface area contributed by atoms with Crippen molar-refractivity contribution in [3.63, 3.8) is 0 Å². The Balaban J connectivity index is 1.53. The van der Waals surface area contributed by atoms with E-state index >= 15 is 0 Å². The fourth-order valence-electron chi connectivity index (χ4n) is 5.13. The monoisotopic (exact) mass is 508 g/mol. The topological polar surface area (TPSA) is 40.5 Å². The number of phenols is 1. The molecule has 8 heteroatoms. The lowest BCUT2D eigenvalue weighted by molar-refractivity contribution is 0.160. The second-order valence-corrected chi connectivity index (χ2v) is 9.32. The van der Waals surface area contributed by atoms with Gasteiger partial charge < -0.3 is 10.2 Å². The third-order valence-corrected chi connectivity index (χ3v) is 7.13. The van der Waals surface area contributed by atoms with Crippen LogP contribution in [0.4, 0.5) is 26.3 Å². The van der Waals surface area contributed by atoms with Gasteiger partial charge in [-0.05, 0) is 67.2 Å². The number of benzene rings is 3. The van der Waals surface area contributed by atoms with Crippen molar-refractivity contribution in [1.82, 2.24) is 0 Å². The second-order valence-electron chi connectivity index (χ2n) is 9.32. The lowest BCUT2D eigenvalue weighted by atomic mass is 9.75. The van der Waals surface area contributed by atoms with Crippen LogP contribution in [-0.4, -0.2) is 10.2 Å². The Bertz CT molecular complexity index is 1270. The summed E-state index contributed by atoms with van der Waals surface area (Å²) in [4.78, 5) is 0. The number of hydrogen-bond donors (Lipinski definition) is 2. The first kappa shape index (κ1) is 26.1. The van der Waals surface area contributed by atoms with E-state index in [1.807, 2.05) is 6.92 Å². The number of aromatic hydroxyl groups is 1. The predicted octanol–water partition coefficient (Wildman–Crippen LogP) is 8.17. The Morgan fingerprint density at radius 2 is 1.14 bits per heavy atom. The molecule has 0 spiro atoms. The first-order valence-electron chi connectivity index (χ1n) is 12.0. The zero-order valence-corrected chi connectivity index (χ0v) is 19.6. The van der Waals surface area contributed by atoms with Crippen molar-refractivity contribution in [3.05, 3.63) is 88.0 Å². The highest BCUT2D eigenvalue weighted by Gasteiger charge is 2.30. The maximum absolute atomic E-state index is 15.0. The number of rotatable bonds is 6. The Kier molecular flexibility index (Phi) is 7.64. The van der Waals surface area contributed by atoms with Crippen LogP contribution < -0.4 is 0 Å². The minimum absolute atomic E-state index is 0.0747. The fourth-order valence-corrected chi connectivity index (χ4v) is 5.13. The van der Waals surface area contributed by atoms with Crippen LogP contribution in [0.3, 0.4) is 0 Å². The van der Waals surface area contributed by atoms with Crippen LogP contribution in [-0.2, 0) is 0 Å². The van der Waals surface area contributed by atoms with Crippen LogP contribution in [0.1, 0.15) is 80.1 Å². The van der Waals surface area contributed by atoms with E-state index in [0.717, 1.165) is 12.1 Å². The van der Waals surface area contributed by atoms with Crippen LogP contribution in [0, 0.1) is 34.9 Å².